The van der Waals surface area contributed by atoms with E-state index in [1.54, 1.807) is 0 Å². The van der Waals surface area contributed by atoms with Crippen molar-refractivity contribution in [3.63, 3.8) is 0 Å². The van der Waals surface area contributed by atoms with E-state index in [0.29, 0.717) is 0 Å². The van der Waals surface area contributed by atoms with E-state index < -0.39 is 0 Å². The van der Waals surface area contributed by atoms with E-state index in [1.165, 1.54) is 57.9 Å². The summed E-state index contributed by atoms with van der Waals surface area (Å²) in [7, 11) is 0. The number of likely N-dealkylation sites (N-methyl/N-ethyl adjacent to an activating group) is 1. The van der Waals surface area contributed by atoms with Crippen molar-refractivity contribution in [1.29, 1.82) is 0 Å². The van der Waals surface area contributed by atoms with E-state index in [2.05, 4.69) is 25.7 Å². The van der Waals surface area contributed by atoms with E-state index in [4.69, 9.17) is 5.73 Å². The van der Waals surface area contributed by atoms with Gasteiger partial charge in [-0.1, -0.05) is 46.0 Å². The van der Waals surface area contributed by atoms with Crippen molar-refractivity contribution in [2.45, 2.75) is 77.7 Å². The minimum absolute atomic E-state index is 0.234. The van der Waals surface area contributed by atoms with Crippen LogP contribution >= 0.6 is 0 Å². The van der Waals surface area contributed by atoms with Crippen LogP contribution in [0.2, 0.25) is 0 Å². The maximum Gasteiger partial charge on any atom is 0.0303 e. The maximum atomic E-state index is 6.09. The third-order valence-corrected chi connectivity index (χ3v) is 4.86. The summed E-state index contributed by atoms with van der Waals surface area (Å²) in [5.74, 6) is 0.950. The molecule has 0 aromatic heterocycles. The molecule has 1 rings (SSSR count). The van der Waals surface area contributed by atoms with Crippen molar-refractivity contribution < 1.29 is 0 Å². The zero-order chi connectivity index (χ0) is 13.4. The molecule has 18 heavy (non-hydrogen) atoms. The van der Waals surface area contributed by atoms with Crippen molar-refractivity contribution in [1.82, 2.24) is 4.90 Å². The molecule has 0 aromatic rings. The third-order valence-electron chi connectivity index (χ3n) is 4.86. The van der Waals surface area contributed by atoms with Crippen LogP contribution in [0.15, 0.2) is 0 Å². The van der Waals surface area contributed by atoms with Gasteiger partial charge in [0.2, 0.25) is 0 Å². The summed E-state index contributed by atoms with van der Waals surface area (Å²) >= 11 is 0. The first-order valence-corrected chi connectivity index (χ1v) is 8.11. The topological polar surface area (TPSA) is 29.3 Å². The second-order valence-electron chi connectivity index (χ2n) is 6.35. The molecule has 2 heteroatoms. The highest BCUT2D eigenvalue weighted by Gasteiger charge is 2.31. The molecular formula is C16H34N2. The average molecular weight is 254 g/mol. The van der Waals surface area contributed by atoms with Gasteiger partial charge in [-0.2, -0.15) is 0 Å². The van der Waals surface area contributed by atoms with Gasteiger partial charge in [-0.05, 0) is 38.6 Å². The maximum absolute atomic E-state index is 6.09. The van der Waals surface area contributed by atoms with E-state index >= 15 is 0 Å². The molecule has 1 saturated carbocycles. The predicted octanol–water partition coefficient (Wildman–Crippen LogP) is 3.80. The lowest BCUT2D eigenvalue weighted by atomic mass is 9.83. The highest BCUT2D eigenvalue weighted by molar-refractivity contribution is 4.89. The van der Waals surface area contributed by atoms with Crippen molar-refractivity contribution >= 4 is 0 Å². The Balaban J connectivity index is 2.41. The van der Waals surface area contributed by atoms with E-state index in [9.17, 15) is 0 Å². The first kappa shape index (κ1) is 16.0. The number of hydrogen-bond donors (Lipinski definition) is 1. The molecule has 0 saturated heterocycles. The minimum Gasteiger partial charge on any atom is -0.329 e. The first-order valence-electron chi connectivity index (χ1n) is 8.11. The fraction of sp³-hybridized carbons (Fsp3) is 1.00. The van der Waals surface area contributed by atoms with Gasteiger partial charge in [-0.15, -0.1) is 0 Å². The van der Waals surface area contributed by atoms with Gasteiger partial charge < -0.3 is 5.73 Å². The summed E-state index contributed by atoms with van der Waals surface area (Å²) in [5.41, 5.74) is 6.33. The molecule has 0 bridgehead atoms. The second-order valence-corrected chi connectivity index (χ2v) is 6.35. The summed E-state index contributed by atoms with van der Waals surface area (Å²) in [6.07, 6.45) is 11.0. The Morgan fingerprint density at radius 2 is 1.89 bits per heavy atom. The summed E-state index contributed by atoms with van der Waals surface area (Å²) < 4.78 is 0. The highest BCUT2D eigenvalue weighted by atomic mass is 15.2. The third kappa shape index (κ3) is 4.55. The molecule has 1 unspecified atom stereocenters. The molecule has 0 aromatic carbocycles. The van der Waals surface area contributed by atoms with Crippen molar-refractivity contribution in [3.8, 4) is 0 Å². The smallest absolute Gasteiger partial charge is 0.0303 e. The van der Waals surface area contributed by atoms with Gasteiger partial charge in [0.1, 0.15) is 0 Å². The van der Waals surface area contributed by atoms with Gasteiger partial charge in [-0.3, -0.25) is 4.90 Å². The molecule has 0 aliphatic heterocycles. The standard InChI is InChI=1S/C16H34N2/c1-4-6-7-8-12-16(3,14-17)18(5-2)13-15-10-9-11-15/h15H,4-14,17H2,1-3H3. The SMILES string of the molecule is CCCCCCC(C)(CN)N(CC)CC1CCC1. The zero-order valence-electron chi connectivity index (χ0n) is 12.9. The molecule has 0 amide bonds. The fourth-order valence-electron chi connectivity index (χ4n) is 3.04. The average Bonchev–Trinajstić information content (AvgIpc) is 2.33. The normalized spacial score (nSPS) is 19.8. The number of nitrogens with two attached hydrogens (primary N) is 1. The Hall–Kier alpha value is -0.0800. The molecule has 1 fully saturated rings. The molecule has 1 aliphatic carbocycles. The quantitative estimate of drug-likeness (QED) is 0.601. The van der Waals surface area contributed by atoms with Crippen LogP contribution in [0.25, 0.3) is 0 Å². The van der Waals surface area contributed by atoms with Crippen LogP contribution in [0, 0.1) is 5.92 Å². The van der Waals surface area contributed by atoms with Crippen molar-refractivity contribution in [3.05, 3.63) is 0 Å². The number of nitrogens with zero attached hydrogens (tertiary/aromatic N) is 1. The monoisotopic (exact) mass is 254 g/mol. The lowest BCUT2D eigenvalue weighted by Crippen LogP contribution is -2.53. The molecule has 108 valence electrons. The van der Waals surface area contributed by atoms with Gasteiger partial charge >= 0.3 is 0 Å². The van der Waals surface area contributed by atoms with Crippen LogP contribution in [0.1, 0.15) is 72.1 Å². The Morgan fingerprint density at radius 3 is 2.33 bits per heavy atom. The van der Waals surface area contributed by atoms with Crippen LogP contribution in [0.5, 0.6) is 0 Å². The Morgan fingerprint density at radius 1 is 1.17 bits per heavy atom. The molecule has 2 nitrogen and oxygen atoms in total. The molecule has 1 aliphatic rings. The Kier molecular flexibility index (Phi) is 7.25. The Bertz CT molecular complexity index is 213. The van der Waals surface area contributed by atoms with Crippen LogP contribution in [-0.4, -0.2) is 30.1 Å². The van der Waals surface area contributed by atoms with Crippen LogP contribution in [-0.2, 0) is 0 Å². The van der Waals surface area contributed by atoms with E-state index in [1.807, 2.05) is 0 Å². The fourth-order valence-corrected chi connectivity index (χ4v) is 3.04. The summed E-state index contributed by atoms with van der Waals surface area (Å²) in [4.78, 5) is 2.66. The molecule has 1 atom stereocenters. The highest BCUT2D eigenvalue weighted by Crippen LogP contribution is 2.31. The predicted molar refractivity (Wildman–Crippen MR) is 80.8 cm³/mol. The first-order chi connectivity index (χ1) is 8.66. The Labute approximate surface area is 114 Å². The van der Waals surface area contributed by atoms with Crippen LogP contribution < -0.4 is 5.73 Å². The number of unbranched alkanes of at least 4 members (excludes halogenated alkanes) is 3. The molecule has 0 heterocycles. The lowest BCUT2D eigenvalue weighted by Gasteiger charge is -2.44. The van der Waals surface area contributed by atoms with Crippen molar-refractivity contribution in [2.24, 2.45) is 11.7 Å². The van der Waals surface area contributed by atoms with Gasteiger partial charge in [0.25, 0.3) is 0 Å². The van der Waals surface area contributed by atoms with Gasteiger partial charge in [0.05, 0.1) is 0 Å². The largest absolute Gasteiger partial charge is 0.329 e. The van der Waals surface area contributed by atoms with E-state index in [-0.39, 0.29) is 5.54 Å². The molecule has 0 radical (unpaired) electrons. The van der Waals surface area contributed by atoms with Crippen LogP contribution in [0.4, 0.5) is 0 Å². The summed E-state index contributed by atoms with van der Waals surface area (Å²) in [6.45, 7) is 10.2. The van der Waals surface area contributed by atoms with E-state index in [0.717, 1.165) is 19.0 Å². The number of rotatable bonds is 10. The minimum atomic E-state index is 0.234. The van der Waals surface area contributed by atoms with Gasteiger partial charge in [-0.25, -0.2) is 0 Å². The number of hydrogen-bond acceptors (Lipinski definition) is 2. The molecule has 2 N–H and O–H groups in total. The second kappa shape index (κ2) is 8.16. The van der Waals surface area contributed by atoms with Crippen LogP contribution in [0.3, 0.4) is 0 Å². The van der Waals surface area contributed by atoms with Gasteiger partial charge in [0, 0.05) is 18.6 Å². The molecular weight excluding hydrogens is 220 g/mol. The lowest BCUT2D eigenvalue weighted by molar-refractivity contribution is 0.0674. The van der Waals surface area contributed by atoms with Crippen molar-refractivity contribution in [2.75, 3.05) is 19.6 Å². The summed E-state index contributed by atoms with van der Waals surface area (Å²) in [6, 6.07) is 0. The summed E-state index contributed by atoms with van der Waals surface area (Å²) in [5, 5.41) is 0. The van der Waals surface area contributed by atoms with Gasteiger partial charge in [0.15, 0.2) is 0 Å². The molecule has 0 spiro atoms. The zero-order valence-corrected chi connectivity index (χ0v) is 12.9.